The van der Waals surface area contributed by atoms with E-state index in [1.807, 2.05) is 55.5 Å². The SMILES string of the molecule is CCNC(=NCc1cccc(OC)c1)NCCc1cccc(C(=O)NC)c1. The van der Waals surface area contributed by atoms with Crippen LogP contribution in [0.5, 0.6) is 5.75 Å². The predicted octanol–water partition coefficient (Wildman–Crippen LogP) is 2.35. The second-order valence-electron chi connectivity index (χ2n) is 6.00. The van der Waals surface area contributed by atoms with Crippen LogP contribution in [0.4, 0.5) is 0 Å². The summed E-state index contributed by atoms with van der Waals surface area (Å²) in [6, 6.07) is 15.6. The van der Waals surface area contributed by atoms with Gasteiger partial charge in [-0.3, -0.25) is 4.79 Å². The summed E-state index contributed by atoms with van der Waals surface area (Å²) in [7, 11) is 3.30. The molecule has 0 aromatic heterocycles. The Kier molecular flexibility index (Phi) is 8.16. The lowest BCUT2D eigenvalue weighted by atomic mass is 10.1. The number of aliphatic imine (C=N–C) groups is 1. The van der Waals surface area contributed by atoms with E-state index in [0.29, 0.717) is 12.1 Å². The molecule has 2 rings (SSSR count). The van der Waals surface area contributed by atoms with Crippen LogP contribution >= 0.6 is 0 Å². The Bertz CT molecular complexity index is 774. The lowest BCUT2D eigenvalue weighted by molar-refractivity contribution is 0.0963. The van der Waals surface area contributed by atoms with Crippen LogP contribution in [0.25, 0.3) is 0 Å². The van der Waals surface area contributed by atoms with Crippen LogP contribution in [-0.2, 0) is 13.0 Å². The summed E-state index contributed by atoms with van der Waals surface area (Å²) in [5, 5.41) is 9.24. The fourth-order valence-corrected chi connectivity index (χ4v) is 2.62. The molecule has 0 bridgehead atoms. The highest BCUT2D eigenvalue weighted by Gasteiger charge is 2.04. The molecule has 2 aromatic carbocycles. The first-order chi connectivity index (χ1) is 13.2. The van der Waals surface area contributed by atoms with Crippen LogP contribution in [-0.4, -0.2) is 39.1 Å². The minimum absolute atomic E-state index is 0.0713. The number of hydrogen-bond acceptors (Lipinski definition) is 3. The highest BCUT2D eigenvalue weighted by molar-refractivity contribution is 5.94. The summed E-state index contributed by atoms with van der Waals surface area (Å²) < 4.78 is 5.25. The minimum Gasteiger partial charge on any atom is -0.497 e. The normalized spacial score (nSPS) is 11.0. The van der Waals surface area contributed by atoms with E-state index < -0.39 is 0 Å². The Morgan fingerprint density at radius 1 is 1.07 bits per heavy atom. The standard InChI is InChI=1S/C21H28N4O2/c1-4-23-21(25-15-17-8-6-10-19(14-17)27-3)24-12-11-16-7-5-9-18(13-16)20(26)22-2/h5-10,13-14H,4,11-12,15H2,1-3H3,(H,22,26)(H2,23,24,25). The van der Waals surface area contributed by atoms with Gasteiger partial charge in [0.05, 0.1) is 13.7 Å². The molecule has 144 valence electrons. The van der Waals surface area contributed by atoms with Crippen LogP contribution in [0.3, 0.4) is 0 Å². The number of carbonyl (C=O) groups excluding carboxylic acids is 1. The van der Waals surface area contributed by atoms with Gasteiger partial charge in [0, 0.05) is 25.7 Å². The van der Waals surface area contributed by atoms with Crippen molar-refractivity contribution in [2.45, 2.75) is 19.9 Å². The molecule has 1 amide bonds. The number of carbonyl (C=O) groups is 1. The molecule has 0 saturated carbocycles. The van der Waals surface area contributed by atoms with E-state index in [-0.39, 0.29) is 5.91 Å². The largest absolute Gasteiger partial charge is 0.497 e. The number of guanidine groups is 1. The van der Waals surface area contributed by atoms with E-state index in [4.69, 9.17) is 4.74 Å². The highest BCUT2D eigenvalue weighted by Crippen LogP contribution is 2.13. The van der Waals surface area contributed by atoms with Crippen molar-refractivity contribution < 1.29 is 9.53 Å². The van der Waals surface area contributed by atoms with Gasteiger partial charge in [0.2, 0.25) is 0 Å². The van der Waals surface area contributed by atoms with Crippen LogP contribution in [0.2, 0.25) is 0 Å². The topological polar surface area (TPSA) is 74.8 Å². The number of rotatable bonds is 8. The quantitative estimate of drug-likeness (QED) is 0.494. The first-order valence-corrected chi connectivity index (χ1v) is 9.12. The van der Waals surface area contributed by atoms with Gasteiger partial charge in [-0.25, -0.2) is 4.99 Å². The van der Waals surface area contributed by atoms with Gasteiger partial charge in [-0.05, 0) is 48.7 Å². The van der Waals surface area contributed by atoms with Gasteiger partial charge in [-0.15, -0.1) is 0 Å². The molecule has 6 nitrogen and oxygen atoms in total. The molecule has 0 unspecified atom stereocenters. The van der Waals surface area contributed by atoms with Crippen molar-refractivity contribution >= 4 is 11.9 Å². The van der Waals surface area contributed by atoms with E-state index in [1.54, 1.807) is 14.2 Å². The van der Waals surface area contributed by atoms with Gasteiger partial charge in [0.1, 0.15) is 5.75 Å². The molecular weight excluding hydrogens is 340 g/mol. The van der Waals surface area contributed by atoms with E-state index in [1.165, 1.54) is 0 Å². The summed E-state index contributed by atoms with van der Waals surface area (Å²) in [5.41, 5.74) is 2.87. The molecule has 0 aliphatic rings. The maximum atomic E-state index is 11.7. The van der Waals surface area contributed by atoms with Gasteiger partial charge < -0.3 is 20.7 Å². The van der Waals surface area contributed by atoms with E-state index in [9.17, 15) is 4.79 Å². The molecule has 27 heavy (non-hydrogen) atoms. The van der Waals surface area contributed by atoms with Crippen molar-refractivity contribution in [2.75, 3.05) is 27.2 Å². The summed E-state index contributed by atoms with van der Waals surface area (Å²) in [6.07, 6.45) is 0.800. The molecule has 0 aliphatic heterocycles. The van der Waals surface area contributed by atoms with Gasteiger partial charge in [0.15, 0.2) is 5.96 Å². The van der Waals surface area contributed by atoms with Gasteiger partial charge in [-0.1, -0.05) is 24.3 Å². The van der Waals surface area contributed by atoms with E-state index in [0.717, 1.165) is 42.3 Å². The third-order valence-corrected chi connectivity index (χ3v) is 4.02. The van der Waals surface area contributed by atoms with Crippen molar-refractivity contribution in [1.29, 1.82) is 0 Å². The lowest BCUT2D eigenvalue weighted by Crippen LogP contribution is -2.38. The summed E-state index contributed by atoms with van der Waals surface area (Å²) in [5.74, 6) is 1.53. The molecule has 0 aliphatic carbocycles. The van der Waals surface area contributed by atoms with Crippen molar-refractivity contribution in [3.63, 3.8) is 0 Å². The lowest BCUT2D eigenvalue weighted by Gasteiger charge is -2.12. The zero-order valence-electron chi connectivity index (χ0n) is 16.2. The number of ether oxygens (including phenoxy) is 1. The van der Waals surface area contributed by atoms with Crippen LogP contribution < -0.4 is 20.7 Å². The highest BCUT2D eigenvalue weighted by atomic mass is 16.5. The minimum atomic E-state index is -0.0713. The van der Waals surface area contributed by atoms with Crippen LogP contribution in [0, 0.1) is 0 Å². The molecule has 0 fully saturated rings. The van der Waals surface area contributed by atoms with E-state index >= 15 is 0 Å². The summed E-state index contributed by atoms with van der Waals surface area (Å²) in [4.78, 5) is 16.4. The zero-order chi connectivity index (χ0) is 19.5. The Morgan fingerprint density at radius 2 is 1.85 bits per heavy atom. The zero-order valence-corrected chi connectivity index (χ0v) is 16.2. The molecule has 3 N–H and O–H groups in total. The fourth-order valence-electron chi connectivity index (χ4n) is 2.62. The predicted molar refractivity (Wildman–Crippen MR) is 109 cm³/mol. The summed E-state index contributed by atoms with van der Waals surface area (Å²) >= 11 is 0. The number of hydrogen-bond donors (Lipinski definition) is 3. The number of benzene rings is 2. The molecule has 6 heteroatoms. The molecule has 0 spiro atoms. The Labute approximate surface area is 161 Å². The van der Waals surface area contributed by atoms with Gasteiger partial charge in [-0.2, -0.15) is 0 Å². The molecule has 0 atom stereocenters. The average Bonchev–Trinajstić information content (AvgIpc) is 2.71. The fraction of sp³-hybridized carbons (Fsp3) is 0.333. The van der Waals surface area contributed by atoms with E-state index in [2.05, 4.69) is 20.9 Å². The number of nitrogens with zero attached hydrogens (tertiary/aromatic N) is 1. The first kappa shape index (κ1) is 20.3. The maximum absolute atomic E-state index is 11.7. The molecular formula is C21H28N4O2. The maximum Gasteiger partial charge on any atom is 0.251 e. The van der Waals surface area contributed by atoms with Crippen molar-refractivity contribution in [1.82, 2.24) is 16.0 Å². The van der Waals surface area contributed by atoms with Crippen LogP contribution in [0.1, 0.15) is 28.4 Å². The Balaban J connectivity index is 1.93. The first-order valence-electron chi connectivity index (χ1n) is 9.12. The van der Waals surface area contributed by atoms with Crippen molar-refractivity contribution in [2.24, 2.45) is 4.99 Å². The third-order valence-electron chi connectivity index (χ3n) is 4.02. The molecule has 0 heterocycles. The monoisotopic (exact) mass is 368 g/mol. The number of methoxy groups -OCH3 is 1. The average molecular weight is 368 g/mol. The second kappa shape index (κ2) is 10.9. The molecule has 0 radical (unpaired) electrons. The number of nitrogens with one attached hydrogen (secondary N) is 3. The Hall–Kier alpha value is -3.02. The summed E-state index contributed by atoms with van der Waals surface area (Å²) in [6.45, 7) is 4.12. The van der Waals surface area contributed by atoms with Crippen molar-refractivity contribution in [3.8, 4) is 5.75 Å². The number of amides is 1. The van der Waals surface area contributed by atoms with Crippen molar-refractivity contribution in [3.05, 3.63) is 65.2 Å². The molecule has 0 saturated heterocycles. The molecule has 2 aromatic rings. The smallest absolute Gasteiger partial charge is 0.251 e. The van der Waals surface area contributed by atoms with Gasteiger partial charge in [0.25, 0.3) is 5.91 Å². The van der Waals surface area contributed by atoms with Crippen LogP contribution in [0.15, 0.2) is 53.5 Å². The van der Waals surface area contributed by atoms with Gasteiger partial charge >= 0.3 is 0 Å². The second-order valence-corrected chi connectivity index (χ2v) is 6.00. The third kappa shape index (κ3) is 6.66. The Morgan fingerprint density at radius 3 is 2.59 bits per heavy atom.